The smallest absolute Gasteiger partial charge is 0.325 e. The molecule has 33 heavy (non-hydrogen) atoms. The second-order valence-electron chi connectivity index (χ2n) is 8.40. The molecule has 0 bridgehead atoms. The number of rotatable bonds is 7. The Morgan fingerprint density at radius 3 is 2.58 bits per heavy atom. The number of nitrogens with zero attached hydrogens (tertiary/aromatic N) is 3. The van der Waals surface area contributed by atoms with Crippen molar-refractivity contribution < 1.29 is 18.8 Å². The van der Waals surface area contributed by atoms with Gasteiger partial charge in [0.1, 0.15) is 5.82 Å². The number of aromatic nitrogens is 1. The van der Waals surface area contributed by atoms with E-state index in [2.05, 4.69) is 10.3 Å². The summed E-state index contributed by atoms with van der Waals surface area (Å²) in [6, 6.07) is 8.84. The predicted molar refractivity (Wildman–Crippen MR) is 124 cm³/mol. The van der Waals surface area contributed by atoms with Crippen molar-refractivity contribution in [3.8, 4) is 0 Å². The number of thioether (sulfide) groups is 1. The van der Waals surface area contributed by atoms with Crippen molar-refractivity contribution in [1.82, 2.24) is 20.1 Å². The van der Waals surface area contributed by atoms with Gasteiger partial charge in [-0.05, 0) is 48.8 Å². The largest absolute Gasteiger partial charge is 0.343 e. The van der Waals surface area contributed by atoms with Crippen LogP contribution in [0.4, 0.5) is 9.18 Å². The van der Waals surface area contributed by atoms with Crippen LogP contribution in [0, 0.1) is 11.7 Å². The summed E-state index contributed by atoms with van der Waals surface area (Å²) in [5, 5.41) is 2.98. The molecule has 9 heteroatoms. The van der Waals surface area contributed by atoms with Crippen molar-refractivity contribution in [2.24, 2.45) is 5.92 Å². The minimum Gasteiger partial charge on any atom is -0.343 e. The van der Waals surface area contributed by atoms with Gasteiger partial charge in [-0.25, -0.2) is 9.18 Å². The van der Waals surface area contributed by atoms with Gasteiger partial charge in [-0.2, -0.15) is 11.8 Å². The highest BCUT2D eigenvalue weighted by Gasteiger charge is 2.57. The number of carbonyl (C=O) groups is 3. The molecule has 3 heterocycles. The fourth-order valence-corrected chi connectivity index (χ4v) is 5.10. The number of pyridine rings is 1. The second-order valence-corrected chi connectivity index (χ2v) is 9.38. The first-order valence-corrected chi connectivity index (χ1v) is 12.4. The Morgan fingerprint density at radius 2 is 1.94 bits per heavy atom. The Kier molecular flexibility index (Phi) is 6.97. The maximum absolute atomic E-state index is 13.8. The van der Waals surface area contributed by atoms with Crippen LogP contribution in [0.2, 0.25) is 0 Å². The number of piperidine rings is 1. The monoisotopic (exact) mass is 470 g/mol. The SMILES string of the molecule is CSCCC(=O)N1CCC(C2(c3cccnc3)NC(=O)N(Cc3ccc(F)cc3)C2=O)CC1. The average molecular weight is 471 g/mol. The van der Waals surface area contributed by atoms with Crippen LogP contribution >= 0.6 is 11.8 Å². The minimum absolute atomic E-state index is 0.0545. The summed E-state index contributed by atoms with van der Waals surface area (Å²) < 4.78 is 13.3. The van der Waals surface area contributed by atoms with Gasteiger partial charge in [-0.3, -0.25) is 19.5 Å². The number of halogens is 1. The normalized spacial score (nSPS) is 21.4. The Labute approximate surface area is 196 Å². The molecule has 4 amide bonds. The molecule has 0 saturated carbocycles. The van der Waals surface area contributed by atoms with Gasteiger partial charge < -0.3 is 10.2 Å². The zero-order valence-corrected chi connectivity index (χ0v) is 19.3. The van der Waals surface area contributed by atoms with E-state index < -0.39 is 11.6 Å². The molecule has 0 spiro atoms. The van der Waals surface area contributed by atoms with Gasteiger partial charge in [0.05, 0.1) is 6.54 Å². The first kappa shape index (κ1) is 23.2. The molecule has 1 unspecified atom stereocenters. The zero-order chi connectivity index (χ0) is 23.4. The molecule has 1 N–H and O–H groups in total. The maximum Gasteiger partial charge on any atom is 0.325 e. The van der Waals surface area contributed by atoms with E-state index in [0.29, 0.717) is 43.5 Å². The number of amides is 4. The number of benzene rings is 1. The van der Waals surface area contributed by atoms with E-state index in [4.69, 9.17) is 0 Å². The number of likely N-dealkylation sites (tertiary alicyclic amines) is 1. The molecule has 0 aliphatic carbocycles. The lowest BCUT2D eigenvalue weighted by atomic mass is 9.73. The summed E-state index contributed by atoms with van der Waals surface area (Å²) in [4.78, 5) is 46.5. The molecule has 2 aliphatic heterocycles. The van der Waals surface area contributed by atoms with E-state index in [1.54, 1.807) is 42.4 Å². The highest BCUT2D eigenvalue weighted by Crippen LogP contribution is 2.41. The minimum atomic E-state index is -1.24. The van der Waals surface area contributed by atoms with Crippen LogP contribution in [0.25, 0.3) is 0 Å². The van der Waals surface area contributed by atoms with Crippen LogP contribution in [0.1, 0.15) is 30.4 Å². The molecule has 2 fully saturated rings. The predicted octanol–water partition coefficient (Wildman–Crippen LogP) is 3.16. The number of imide groups is 1. The Hall–Kier alpha value is -2.94. The van der Waals surface area contributed by atoms with Gasteiger partial charge >= 0.3 is 6.03 Å². The standard InChI is InChI=1S/C24H27FN4O3S/c1-33-14-10-21(30)28-12-8-18(9-13-28)24(19-3-2-11-26-15-19)22(31)29(23(32)27-24)16-17-4-6-20(25)7-5-17/h2-7,11,15,18H,8-10,12-14,16H2,1H3,(H,27,32). The van der Waals surface area contributed by atoms with Gasteiger partial charge in [0.25, 0.3) is 5.91 Å². The third kappa shape index (κ3) is 4.59. The molecule has 174 valence electrons. The number of hydrogen-bond acceptors (Lipinski definition) is 5. The fourth-order valence-electron chi connectivity index (χ4n) is 4.72. The maximum atomic E-state index is 13.8. The van der Waals surface area contributed by atoms with Crippen LogP contribution in [0.5, 0.6) is 0 Å². The van der Waals surface area contributed by atoms with Crippen molar-refractivity contribution in [2.45, 2.75) is 31.3 Å². The first-order valence-electron chi connectivity index (χ1n) is 11.0. The molecule has 0 radical (unpaired) electrons. The average Bonchev–Trinajstić information content (AvgIpc) is 3.10. The molecule has 2 aromatic rings. The van der Waals surface area contributed by atoms with Gasteiger partial charge in [0.15, 0.2) is 5.54 Å². The van der Waals surface area contributed by atoms with Crippen molar-refractivity contribution in [3.63, 3.8) is 0 Å². The molecule has 1 aromatic carbocycles. The van der Waals surface area contributed by atoms with Crippen LogP contribution in [0.3, 0.4) is 0 Å². The number of urea groups is 1. The highest BCUT2D eigenvalue weighted by atomic mass is 32.2. The number of nitrogens with one attached hydrogen (secondary N) is 1. The van der Waals surface area contributed by atoms with E-state index in [1.807, 2.05) is 17.2 Å². The van der Waals surface area contributed by atoms with Crippen molar-refractivity contribution in [2.75, 3.05) is 25.1 Å². The number of hydrogen-bond donors (Lipinski definition) is 1. The lowest BCUT2D eigenvalue weighted by Crippen LogP contribution is -2.54. The van der Waals surface area contributed by atoms with Gasteiger partial charge in [0.2, 0.25) is 5.91 Å². The quantitative estimate of drug-likeness (QED) is 0.629. The van der Waals surface area contributed by atoms with Crippen LogP contribution in [-0.2, 0) is 21.7 Å². The second kappa shape index (κ2) is 9.91. The van der Waals surface area contributed by atoms with Gasteiger partial charge in [-0.15, -0.1) is 0 Å². The van der Waals surface area contributed by atoms with Crippen molar-refractivity contribution >= 4 is 29.6 Å². The first-order chi connectivity index (χ1) is 16.0. The molecule has 7 nitrogen and oxygen atoms in total. The Bertz CT molecular complexity index is 1010. The third-order valence-electron chi connectivity index (χ3n) is 6.48. The van der Waals surface area contributed by atoms with Crippen LogP contribution < -0.4 is 5.32 Å². The van der Waals surface area contributed by atoms with Gasteiger partial charge in [-0.1, -0.05) is 18.2 Å². The summed E-state index contributed by atoms with van der Waals surface area (Å²) >= 11 is 1.64. The number of carbonyl (C=O) groups excluding carboxylic acids is 3. The summed E-state index contributed by atoms with van der Waals surface area (Å²) in [6.45, 7) is 1.14. The molecule has 1 aromatic heterocycles. The summed E-state index contributed by atoms with van der Waals surface area (Å²) in [5.41, 5.74) is 0.0629. The van der Waals surface area contributed by atoms with E-state index >= 15 is 0 Å². The lowest BCUT2D eigenvalue weighted by molar-refractivity contribution is -0.136. The van der Waals surface area contributed by atoms with Crippen LogP contribution in [-0.4, -0.2) is 57.7 Å². The van der Waals surface area contributed by atoms with Gasteiger partial charge in [0, 0.05) is 43.2 Å². The Balaban J connectivity index is 1.59. The van der Waals surface area contributed by atoms with E-state index in [1.165, 1.54) is 17.0 Å². The molecule has 4 rings (SSSR count). The van der Waals surface area contributed by atoms with Crippen molar-refractivity contribution in [3.05, 3.63) is 65.7 Å². The van der Waals surface area contributed by atoms with Crippen LogP contribution in [0.15, 0.2) is 48.8 Å². The van der Waals surface area contributed by atoms with E-state index in [-0.39, 0.29) is 30.1 Å². The van der Waals surface area contributed by atoms with E-state index in [0.717, 1.165) is 5.75 Å². The molecular formula is C24H27FN4O3S. The third-order valence-corrected chi connectivity index (χ3v) is 7.10. The fraction of sp³-hybridized carbons (Fsp3) is 0.417. The Morgan fingerprint density at radius 1 is 1.21 bits per heavy atom. The van der Waals surface area contributed by atoms with Crippen molar-refractivity contribution in [1.29, 1.82) is 0 Å². The highest BCUT2D eigenvalue weighted by molar-refractivity contribution is 7.98. The summed E-state index contributed by atoms with van der Waals surface area (Å²) in [5.74, 6) is 0.0149. The molecule has 2 saturated heterocycles. The summed E-state index contributed by atoms with van der Waals surface area (Å²) in [6.07, 6.45) is 6.91. The molecular weight excluding hydrogens is 443 g/mol. The summed E-state index contributed by atoms with van der Waals surface area (Å²) in [7, 11) is 0. The topological polar surface area (TPSA) is 82.6 Å². The lowest BCUT2D eigenvalue weighted by Gasteiger charge is -2.41. The van der Waals surface area contributed by atoms with E-state index in [9.17, 15) is 18.8 Å². The molecule has 2 aliphatic rings. The zero-order valence-electron chi connectivity index (χ0n) is 18.5. The molecule has 1 atom stereocenters.